The molecule has 11 nitrogen and oxygen atoms in total. The Kier molecular flexibility index (Phi) is 8.41. The van der Waals surface area contributed by atoms with Crippen LogP contribution in [0.2, 0.25) is 0 Å². The van der Waals surface area contributed by atoms with Gasteiger partial charge in [-0.3, -0.25) is 28.6 Å². The molecule has 212 valence electrons. The number of hydrogen-bond donors (Lipinski definition) is 2. The van der Waals surface area contributed by atoms with Crippen molar-refractivity contribution in [3.05, 3.63) is 80.5 Å². The van der Waals surface area contributed by atoms with E-state index < -0.39 is 17.2 Å². The molecule has 0 spiro atoms. The average Bonchev–Trinajstić information content (AvgIpc) is 3.77. The molecule has 4 heterocycles. The van der Waals surface area contributed by atoms with E-state index in [9.17, 15) is 14.4 Å². The summed E-state index contributed by atoms with van der Waals surface area (Å²) in [6, 6.07) is 10.6. The zero-order valence-electron chi connectivity index (χ0n) is 23.1. The Morgan fingerprint density at radius 2 is 1.70 bits per heavy atom. The summed E-state index contributed by atoms with van der Waals surface area (Å²) in [7, 11) is 0. The van der Waals surface area contributed by atoms with Crippen LogP contribution in [0.15, 0.2) is 52.3 Å². The Labute approximate surface area is 233 Å². The summed E-state index contributed by atoms with van der Waals surface area (Å²) in [4.78, 5) is 50.4. The third-order valence-corrected chi connectivity index (χ3v) is 7.66. The third-order valence-electron chi connectivity index (χ3n) is 7.66. The van der Waals surface area contributed by atoms with Crippen LogP contribution in [-0.4, -0.2) is 49.2 Å². The predicted octanol–water partition coefficient (Wildman–Crippen LogP) is 2.81. The second-order valence-electron chi connectivity index (χ2n) is 10.5. The largest absolute Gasteiger partial charge is 0.383 e. The fraction of sp³-hybridized carbons (Fsp3) is 0.483. The average molecular weight is 548 g/mol. The Hall–Kier alpha value is -3.83. The number of anilines is 2. The van der Waals surface area contributed by atoms with E-state index in [0.717, 1.165) is 36.9 Å². The number of nitrogens with two attached hydrogens (primary N) is 1. The topological polar surface area (TPSA) is 141 Å². The zero-order chi connectivity index (χ0) is 28.2. The molecule has 11 heteroatoms. The summed E-state index contributed by atoms with van der Waals surface area (Å²) in [5, 5.41) is 2.64. The lowest BCUT2D eigenvalue weighted by atomic mass is 9.90. The van der Waals surface area contributed by atoms with Crippen molar-refractivity contribution < 1.29 is 9.53 Å². The molecule has 2 aromatic heterocycles. The van der Waals surface area contributed by atoms with Crippen molar-refractivity contribution in [2.24, 2.45) is 5.92 Å². The smallest absolute Gasteiger partial charge is 0.332 e. The Balaban J connectivity index is 1.29. The highest BCUT2D eigenvalue weighted by molar-refractivity contribution is 6.04. The first-order chi connectivity index (χ1) is 19.4. The molecule has 1 aromatic carbocycles. The fourth-order valence-corrected chi connectivity index (χ4v) is 5.54. The first-order valence-corrected chi connectivity index (χ1v) is 14.1. The van der Waals surface area contributed by atoms with Crippen molar-refractivity contribution in [1.29, 1.82) is 0 Å². The van der Waals surface area contributed by atoms with Crippen LogP contribution in [0.4, 0.5) is 11.5 Å². The van der Waals surface area contributed by atoms with Crippen LogP contribution in [0.3, 0.4) is 0 Å². The van der Waals surface area contributed by atoms with Gasteiger partial charge >= 0.3 is 5.69 Å². The third kappa shape index (κ3) is 5.71. The van der Waals surface area contributed by atoms with Crippen LogP contribution in [0.5, 0.6) is 0 Å². The van der Waals surface area contributed by atoms with Gasteiger partial charge in [0.05, 0.1) is 0 Å². The number of nitrogens with zero attached hydrogens (tertiary/aromatic N) is 5. The molecule has 0 aliphatic carbocycles. The number of ether oxygens (including phenoxy) is 1. The highest BCUT2D eigenvalue weighted by Crippen LogP contribution is 2.42. The number of carbonyl (C=O) groups is 1. The van der Waals surface area contributed by atoms with Crippen molar-refractivity contribution in [3.8, 4) is 0 Å². The Bertz CT molecular complexity index is 1460. The molecule has 3 aromatic rings. The number of benzene rings is 1. The quantitative estimate of drug-likeness (QED) is 0.369. The van der Waals surface area contributed by atoms with Gasteiger partial charge in [0.2, 0.25) is 0 Å². The summed E-state index contributed by atoms with van der Waals surface area (Å²) in [5.74, 6) is -0.0544. The van der Waals surface area contributed by atoms with E-state index in [4.69, 9.17) is 10.5 Å². The fourth-order valence-electron chi connectivity index (χ4n) is 5.54. The van der Waals surface area contributed by atoms with Crippen molar-refractivity contribution >= 4 is 17.4 Å². The number of likely N-dealkylation sites (tertiary alicyclic amines) is 1. The molecule has 2 aliphatic rings. The van der Waals surface area contributed by atoms with Gasteiger partial charge in [0, 0.05) is 38.6 Å². The van der Waals surface area contributed by atoms with Crippen LogP contribution in [-0.2, 0) is 24.2 Å². The first kappa shape index (κ1) is 27.7. The van der Waals surface area contributed by atoms with E-state index >= 15 is 0 Å². The van der Waals surface area contributed by atoms with E-state index in [1.807, 2.05) is 19.9 Å². The van der Waals surface area contributed by atoms with Gasteiger partial charge in [0.15, 0.2) is 5.69 Å². The first-order valence-electron chi connectivity index (χ1n) is 14.1. The van der Waals surface area contributed by atoms with Crippen molar-refractivity contribution in [2.75, 3.05) is 24.1 Å². The van der Waals surface area contributed by atoms with Gasteiger partial charge in [-0.15, -0.1) is 0 Å². The van der Waals surface area contributed by atoms with Gasteiger partial charge in [0.25, 0.3) is 11.5 Å². The van der Waals surface area contributed by atoms with Gasteiger partial charge in [0.1, 0.15) is 29.5 Å². The summed E-state index contributed by atoms with van der Waals surface area (Å²) in [6.45, 7) is 6.14. The van der Waals surface area contributed by atoms with E-state index in [0.29, 0.717) is 31.0 Å². The second kappa shape index (κ2) is 12.1. The minimum absolute atomic E-state index is 0.0677. The normalized spacial score (nSPS) is 19.4. The predicted molar refractivity (Wildman–Crippen MR) is 152 cm³/mol. The number of amides is 1. The number of rotatable bonds is 10. The molecule has 2 saturated heterocycles. The van der Waals surface area contributed by atoms with Crippen molar-refractivity contribution in [3.63, 3.8) is 0 Å². The molecule has 0 saturated carbocycles. The van der Waals surface area contributed by atoms with Gasteiger partial charge in [-0.2, -0.15) is 0 Å². The Morgan fingerprint density at radius 3 is 2.40 bits per heavy atom. The molecule has 40 heavy (non-hydrogen) atoms. The maximum absolute atomic E-state index is 13.4. The molecule has 5 rings (SSSR count). The van der Waals surface area contributed by atoms with Crippen LogP contribution in [0, 0.1) is 5.92 Å². The van der Waals surface area contributed by atoms with E-state index in [1.165, 1.54) is 22.5 Å². The van der Waals surface area contributed by atoms with Gasteiger partial charge in [-0.05, 0) is 43.6 Å². The lowest BCUT2D eigenvalue weighted by Gasteiger charge is -2.31. The highest BCUT2D eigenvalue weighted by Gasteiger charge is 2.48. The van der Waals surface area contributed by atoms with Crippen molar-refractivity contribution in [1.82, 2.24) is 24.0 Å². The molecule has 2 unspecified atom stereocenters. The van der Waals surface area contributed by atoms with Gasteiger partial charge in [-0.25, -0.2) is 9.78 Å². The van der Waals surface area contributed by atoms with Gasteiger partial charge in [-0.1, -0.05) is 44.2 Å². The number of aromatic nitrogens is 4. The number of nitrogens with one attached hydrogen (secondary N) is 1. The standard InChI is InChI=1S/C29H37N7O4/c1-3-14-35-25(30)23(27(38)36(15-4-2)29(35)39)33-26(37)22-21(31-12-13-32-22)24-28(40-24)34-16-10-20(11-17-34)18-19-8-6-5-7-9-19/h5-9,12-13,20,24,28H,3-4,10-11,14-18,30H2,1-2H3,(H,33,37). The molecule has 1 amide bonds. The van der Waals surface area contributed by atoms with Crippen LogP contribution < -0.4 is 22.3 Å². The number of hydrogen-bond acceptors (Lipinski definition) is 8. The number of piperidine rings is 1. The number of nitrogen functional groups attached to an aromatic ring is 1. The lowest BCUT2D eigenvalue weighted by molar-refractivity contribution is 0.101. The molecule has 3 N–H and O–H groups in total. The number of carbonyl (C=O) groups excluding carboxylic acids is 1. The summed E-state index contributed by atoms with van der Waals surface area (Å²) < 4.78 is 8.45. The van der Waals surface area contributed by atoms with Crippen molar-refractivity contribution in [2.45, 2.75) is 71.4 Å². The monoisotopic (exact) mass is 547 g/mol. The number of epoxide rings is 1. The van der Waals surface area contributed by atoms with E-state index in [1.54, 1.807) is 0 Å². The molecule has 2 fully saturated rings. The SMILES string of the molecule is CCCn1c(N)c(NC(=O)c2nccnc2C2OC2N2CCC(Cc3ccccc3)CC2)c(=O)n(CCC)c1=O. The van der Waals surface area contributed by atoms with Crippen LogP contribution in [0.1, 0.15) is 67.4 Å². The summed E-state index contributed by atoms with van der Waals surface area (Å²) in [5.41, 5.74) is 6.84. The highest BCUT2D eigenvalue weighted by atomic mass is 16.6. The summed E-state index contributed by atoms with van der Waals surface area (Å²) >= 11 is 0. The molecule has 2 atom stereocenters. The van der Waals surface area contributed by atoms with Crippen LogP contribution >= 0.6 is 0 Å². The van der Waals surface area contributed by atoms with E-state index in [-0.39, 0.29) is 36.1 Å². The molecular weight excluding hydrogens is 510 g/mol. The lowest BCUT2D eigenvalue weighted by Crippen LogP contribution is -2.43. The molecule has 0 radical (unpaired) electrons. The maximum atomic E-state index is 13.4. The van der Waals surface area contributed by atoms with Crippen LogP contribution in [0.25, 0.3) is 0 Å². The molecule has 0 bridgehead atoms. The van der Waals surface area contributed by atoms with E-state index in [2.05, 4.69) is 44.5 Å². The zero-order valence-corrected chi connectivity index (χ0v) is 23.1. The molecular formula is C29H37N7O4. The molecule has 2 aliphatic heterocycles. The Morgan fingerprint density at radius 1 is 1.02 bits per heavy atom. The summed E-state index contributed by atoms with van der Waals surface area (Å²) in [6.07, 6.45) is 6.85. The van der Waals surface area contributed by atoms with Gasteiger partial charge < -0.3 is 15.8 Å². The minimum atomic E-state index is -0.630. The maximum Gasteiger partial charge on any atom is 0.332 e. The minimum Gasteiger partial charge on any atom is -0.383 e. The second-order valence-corrected chi connectivity index (χ2v) is 10.5.